The third-order valence-electron chi connectivity index (χ3n) is 1.46. The molecule has 0 aliphatic heterocycles. The molecule has 14 heavy (non-hydrogen) atoms. The maximum Gasteiger partial charge on any atom is 0.185 e. The second kappa shape index (κ2) is 5.95. The Kier molecular flexibility index (Phi) is 4.86. The molecule has 0 unspecified atom stereocenters. The SMILES string of the molecule is CCNNC(=S)Nc1cccc(Br)c1. The summed E-state index contributed by atoms with van der Waals surface area (Å²) in [7, 11) is 0. The molecular weight excluding hydrogens is 262 g/mol. The second-order valence-electron chi connectivity index (χ2n) is 2.62. The fourth-order valence-electron chi connectivity index (χ4n) is 0.897. The van der Waals surface area contributed by atoms with Gasteiger partial charge in [-0.15, -0.1) is 0 Å². The fraction of sp³-hybridized carbons (Fsp3) is 0.222. The van der Waals surface area contributed by atoms with Crippen LogP contribution in [0.4, 0.5) is 5.69 Å². The molecule has 0 spiro atoms. The van der Waals surface area contributed by atoms with Crippen molar-refractivity contribution >= 4 is 38.9 Å². The molecule has 0 heterocycles. The molecule has 1 aromatic carbocycles. The van der Waals surface area contributed by atoms with Crippen LogP contribution in [-0.4, -0.2) is 11.7 Å². The number of rotatable bonds is 3. The highest BCUT2D eigenvalue weighted by atomic mass is 79.9. The standard InChI is InChI=1S/C9H12BrN3S/c1-2-11-13-9(14)12-8-5-3-4-7(10)6-8/h3-6,11H,2H2,1H3,(H2,12,13,14). The summed E-state index contributed by atoms with van der Waals surface area (Å²) in [6, 6.07) is 7.82. The van der Waals surface area contributed by atoms with Gasteiger partial charge in [0.25, 0.3) is 0 Å². The molecule has 0 radical (unpaired) electrons. The van der Waals surface area contributed by atoms with Gasteiger partial charge in [0.2, 0.25) is 0 Å². The molecule has 5 heteroatoms. The van der Waals surface area contributed by atoms with E-state index in [0.29, 0.717) is 5.11 Å². The number of halogens is 1. The van der Waals surface area contributed by atoms with E-state index in [0.717, 1.165) is 16.7 Å². The van der Waals surface area contributed by atoms with Crippen LogP contribution in [-0.2, 0) is 0 Å². The minimum Gasteiger partial charge on any atom is -0.332 e. The molecule has 0 amide bonds. The van der Waals surface area contributed by atoms with Gasteiger partial charge in [0.15, 0.2) is 5.11 Å². The van der Waals surface area contributed by atoms with Crippen molar-refractivity contribution in [2.45, 2.75) is 6.92 Å². The minimum atomic E-state index is 0.560. The summed E-state index contributed by atoms with van der Waals surface area (Å²) >= 11 is 8.43. The van der Waals surface area contributed by atoms with Gasteiger partial charge in [-0.3, -0.25) is 5.43 Å². The van der Waals surface area contributed by atoms with Gasteiger partial charge in [0.1, 0.15) is 0 Å². The van der Waals surface area contributed by atoms with Crippen LogP contribution in [0, 0.1) is 0 Å². The van der Waals surface area contributed by atoms with Crippen LogP contribution in [0.15, 0.2) is 28.7 Å². The Balaban J connectivity index is 2.47. The van der Waals surface area contributed by atoms with E-state index in [-0.39, 0.29) is 0 Å². The highest BCUT2D eigenvalue weighted by Gasteiger charge is 1.96. The van der Waals surface area contributed by atoms with E-state index in [9.17, 15) is 0 Å². The smallest absolute Gasteiger partial charge is 0.185 e. The van der Waals surface area contributed by atoms with Crippen LogP contribution in [0.1, 0.15) is 6.92 Å². The Morgan fingerprint density at radius 3 is 2.93 bits per heavy atom. The van der Waals surface area contributed by atoms with Crippen LogP contribution < -0.4 is 16.2 Å². The summed E-state index contributed by atoms with van der Waals surface area (Å²) in [5.74, 6) is 0. The second-order valence-corrected chi connectivity index (χ2v) is 3.94. The van der Waals surface area contributed by atoms with Gasteiger partial charge in [-0.25, -0.2) is 5.43 Å². The molecule has 0 saturated carbocycles. The highest BCUT2D eigenvalue weighted by molar-refractivity contribution is 9.10. The van der Waals surface area contributed by atoms with E-state index in [1.165, 1.54) is 0 Å². The van der Waals surface area contributed by atoms with Crippen molar-refractivity contribution in [1.82, 2.24) is 10.9 Å². The van der Waals surface area contributed by atoms with Gasteiger partial charge in [0, 0.05) is 16.7 Å². The van der Waals surface area contributed by atoms with E-state index >= 15 is 0 Å². The van der Waals surface area contributed by atoms with Crippen molar-refractivity contribution < 1.29 is 0 Å². The van der Waals surface area contributed by atoms with Crippen molar-refractivity contribution in [3.05, 3.63) is 28.7 Å². The molecular formula is C9H12BrN3S. The number of anilines is 1. The number of thiocarbonyl (C=S) groups is 1. The van der Waals surface area contributed by atoms with Gasteiger partial charge in [-0.1, -0.05) is 28.9 Å². The summed E-state index contributed by atoms with van der Waals surface area (Å²) in [6.07, 6.45) is 0. The predicted molar refractivity (Wildman–Crippen MR) is 67.2 cm³/mol. The van der Waals surface area contributed by atoms with Crippen molar-refractivity contribution in [2.24, 2.45) is 0 Å². The summed E-state index contributed by atoms with van der Waals surface area (Å²) in [4.78, 5) is 0. The van der Waals surface area contributed by atoms with E-state index < -0.39 is 0 Å². The Labute approximate surface area is 97.4 Å². The molecule has 0 saturated heterocycles. The average Bonchev–Trinajstić information content (AvgIpc) is 2.15. The number of benzene rings is 1. The van der Waals surface area contributed by atoms with E-state index in [1.54, 1.807) is 0 Å². The van der Waals surface area contributed by atoms with E-state index in [4.69, 9.17) is 12.2 Å². The fourth-order valence-corrected chi connectivity index (χ4v) is 1.49. The van der Waals surface area contributed by atoms with Gasteiger partial charge in [0.05, 0.1) is 0 Å². The van der Waals surface area contributed by atoms with Crippen LogP contribution in [0.5, 0.6) is 0 Å². The third kappa shape index (κ3) is 4.04. The number of hydrogen-bond acceptors (Lipinski definition) is 2. The maximum atomic E-state index is 5.04. The maximum absolute atomic E-state index is 5.04. The quantitative estimate of drug-likeness (QED) is 0.583. The van der Waals surface area contributed by atoms with E-state index in [1.807, 2.05) is 31.2 Å². The van der Waals surface area contributed by atoms with Crippen LogP contribution in [0.3, 0.4) is 0 Å². The first-order valence-electron chi connectivity index (χ1n) is 4.28. The normalized spacial score (nSPS) is 9.57. The lowest BCUT2D eigenvalue weighted by Gasteiger charge is -2.10. The Morgan fingerprint density at radius 1 is 1.50 bits per heavy atom. The van der Waals surface area contributed by atoms with Gasteiger partial charge in [-0.2, -0.15) is 0 Å². The first-order valence-corrected chi connectivity index (χ1v) is 5.48. The first-order chi connectivity index (χ1) is 6.72. The Morgan fingerprint density at radius 2 is 2.29 bits per heavy atom. The molecule has 1 aromatic rings. The Bertz CT molecular complexity index is 317. The van der Waals surface area contributed by atoms with Crippen LogP contribution in [0.25, 0.3) is 0 Å². The van der Waals surface area contributed by atoms with Crippen molar-refractivity contribution in [3.8, 4) is 0 Å². The van der Waals surface area contributed by atoms with Crippen molar-refractivity contribution in [3.63, 3.8) is 0 Å². The monoisotopic (exact) mass is 273 g/mol. The molecule has 76 valence electrons. The number of hydrazine groups is 1. The zero-order chi connectivity index (χ0) is 10.4. The largest absolute Gasteiger partial charge is 0.332 e. The van der Waals surface area contributed by atoms with Crippen LogP contribution in [0.2, 0.25) is 0 Å². The predicted octanol–water partition coefficient (Wildman–Crippen LogP) is 2.26. The lowest BCUT2D eigenvalue weighted by molar-refractivity contribution is 0.690. The lowest BCUT2D eigenvalue weighted by atomic mass is 10.3. The van der Waals surface area contributed by atoms with E-state index in [2.05, 4.69) is 32.1 Å². The lowest BCUT2D eigenvalue weighted by Crippen LogP contribution is -2.39. The van der Waals surface area contributed by atoms with Gasteiger partial charge < -0.3 is 5.32 Å². The number of nitrogens with one attached hydrogen (secondary N) is 3. The highest BCUT2D eigenvalue weighted by Crippen LogP contribution is 2.15. The molecule has 3 N–H and O–H groups in total. The number of hydrogen-bond donors (Lipinski definition) is 3. The molecule has 1 rings (SSSR count). The zero-order valence-electron chi connectivity index (χ0n) is 7.80. The molecule has 0 atom stereocenters. The van der Waals surface area contributed by atoms with Crippen LogP contribution >= 0.6 is 28.1 Å². The molecule has 0 bridgehead atoms. The third-order valence-corrected chi connectivity index (χ3v) is 2.16. The van der Waals surface area contributed by atoms with Crippen molar-refractivity contribution in [2.75, 3.05) is 11.9 Å². The van der Waals surface area contributed by atoms with Crippen molar-refractivity contribution in [1.29, 1.82) is 0 Å². The molecule has 0 fully saturated rings. The molecule has 0 aliphatic carbocycles. The topological polar surface area (TPSA) is 36.1 Å². The Hall–Kier alpha value is -0.650. The average molecular weight is 274 g/mol. The minimum absolute atomic E-state index is 0.560. The molecule has 0 aliphatic rings. The summed E-state index contributed by atoms with van der Waals surface area (Å²) in [5.41, 5.74) is 6.73. The zero-order valence-corrected chi connectivity index (χ0v) is 10.2. The summed E-state index contributed by atoms with van der Waals surface area (Å²) in [6.45, 7) is 2.81. The molecule has 3 nitrogen and oxygen atoms in total. The molecule has 0 aromatic heterocycles. The van der Waals surface area contributed by atoms with Gasteiger partial charge in [-0.05, 0) is 30.4 Å². The van der Waals surface area contributed by atoms with Gasteiger partial charge >= 0.3 is 0 Å². The summed E-state index contributed by atoms with van der Waals surface area (Å²) in [5, 5.41) is 3.61. The summed E-state index contributed by atoms with van der Waals surface area (Å²) < 4.78 is 1.02. The first kappa shape index (κ1) is 11.4.